The Labute approximate surface area is 388 Å². The highest BCUT2D eigenvalue weighted by Crippen LogP contribution is 2.52. The van der Waals surface area contributed by atoms with E-state index in [0.717, 1.165) is 61.3 Å². The fourth-order valence-electron chi connectivity index (χ4n) is 9.55. The molecule has 12 rings (SSSR count). The van der Waals surface area contributed by atoms with Crippen LogP contribution in [0, 0.1) is 0 Å². The molecule has 0 N–H and O–H groups in total. The van der Waals surface area contributed by atoms with E-state index in [2.05, 4.69) is 97.0 Å². The van der Waals surface area contributed by atoms with Gasteiger partial charge in [-0.2, -0.15) is 0 Å². The lowest BCUT2D eigenvalue weighted by Gasteiger charge is -2.27. The first kappa shape index (κ1) is 28.7. The van der Waals surface area contributed by atoms with Gasteiger partial charge in [0.15, 0.2) is 0 Å². The Morgan fingerprint density at radius 2 is 1.27 bits per heavy atom. The molecule has 0 fully saturated rings. The van der Waals surface area contributed by atoms with Gasteiger partial charge < -0.3 is 14.5 Å². The third-order valence-corrected chi connectivity index (χ3v) is 12.5. The van der Waals surface area contributed by atoms with Gasteiger partial charge in [-0.25, -0.2) is 4.98 Å². The van der Waals surface area contributed by atoms with Crippen LogP contribution in [0.5, 0.6) is 11.5 Å². The van der Waals surface area contributed by atoms with Crippen LogP contribution >= 0.6 is 0 Å². The summed E-state index contributed by atoms with van der Waals surface area (Å²) in [6.07, 6.45) is 2.55. The zero-order valence-electron chi connectivity index (χ0n) is 45.4. The van der Waals surface area contributed by atoms with Crippen molar-refractivity contribution in [3.63, 3.8) is 0 Å². The van der Waals surface area contributed by atoms with Crippen LogP contribution in [0.2, 0.25) is 0 Å². The van der Waals surface area contributed by atoms with Gasteiger partial charge in [0, 0.05) is 57.9 Å². The maximum Gasteiger partial charge on any atom is 0.137 e. The Morgan fingerprint density at radius 3 is 2.02 bits per heavy atom. The molecule has 0 amide bonds. The number of fused-ring (bicyclic) bond motifs is 8. The second-order valence-corrected chi connectivity index (χ2v) is 17.2. The van der Waals surface area contributed by atoms with Crippen LogP contribution in [-0.2, 0) is 11.8 Å². The van der Waals surface area contributed by atoms with Gasteiger partial charge in [-0.1, -0.05) is 160 Å². The summed E-state index contributed by atoms with van der Waals surface area (Å²) in [5, 5.41) is 2.25. The van der Waals surface area contributed by atoms with Crippen molar-refractivity contribution in [2.45, 2.75) is 32.6 Å². The van der Waals surface area contributed by atoms with Gasteiger partial charge in [-0.05, 0) is 81.3 Å². The van der Waals surface area contributed by atoms with Crippen LogP contribution in [-0.4, -0.2) is 16.2 Å². The third-order valence-electron chi connectivity index (χ3n) is 12.5. The van der Waals surface area contributed by atoms with Crippen molar-refractivity contribution in [3.05, 3.63) is 217 Å². The molecule has 2 aliphatic rings. The first-order chi connectivity index (χ1) is 35.5. The summed E-state index contributed by atoms with van der Waals surface area (Å²) in [5.74, 6) is 2.09. The maximum atomic E-state index is 9.10. The van der Waals surface area contributed by atoms with E-state index in [1.54, 1.807) is 18.2 Å². The number of rotatable bonds is 7. The van der Waals surface area contributed by atoms with Crippen molar-refractivity contribution < 1.29 is 18.4 Å². The highest BCUT2D eigenvalue weighted by Gasteiger charge is 2.33. The van der Waals surface area contributed by atoms with E-state index >= 15 is 0 Å². The number of aromatic nitrogens is 2. The van der Waals surface area contributed by atoms with Crippen LogP contribution in [0.15, 0.2) is 200 Å². The van der Waals surface area contributed by atoms with E-state index in [0.29, 0.717) is 29.3 Å². The average Bonchev–Trinajstić information content (AvgIpc) is 4.09. The molecule has 2 aromatic heterocycles. The van der Waals surface area contributed by atoms with E-state index < -0.39 is 60.4 Å². The minimum Gasteiger partial charge on any atom is -0.457 e. The fraction of sp³-hybridized carbons (Fsp3) is 0.102. The van der Waals surface area contributed by atoms with Crippen molar-refractivity contribution in [3.8, 4) is 50.7 Å². The molecule has 64 heavy (non-hydrogen) atoms. The Morgan fingerprint density at radius 1 is 0.609 bits per heavy atom. The standard InChI is InChI=1S/C59H46N4O/c1-59(2,3)42-32-33-60-55(35-42)63-50-29-13-12-26-48(50)57-53(63)37-54(49-34-41-22-10-11-25-45(41)56(49)57)64-44-24-16-23-43(36-44)61-38-62(52-31-15-14-30-51(52)61)58-46(39-18-6-4-7-19-39)27-17-28-47(58)40-20-8-5-9-21-40/h4-33,35-37H,34,38H2,1-3H3/i4D,5D,6D,7D,8D,9D,18D,19D,20D,21D. The van der Waals surface area contributed by atoms with Gasteiger partial charge in [0.05, 0.1) is 41.8 Å². The monoisotopic (exact) mass is 836 g/mol. The number of ether oxygens (including phenoxy) is 1. The highest BCUT2D eigenvalue weighted by atomic mass is 16.5. The molecule has 308 valence electrons. The lowest BCUT2D eigenvalue weighted by molar-refractivity contribution is 0.479. The van der Waals surface area contributed by atoms with Crippen LogP contribution in [0.25, 0.3) is 61.0 Å². The quantitative estimate of drug-likeness (QED) is 0.160. The molecule has 0 radical (unpaired) electrons. The minimum atomic E-state index is -0.549. The Balaban J connectivity index is 1.02. The molecule has 0 saturated carbocycles. The number of hydrogen-bond acceptors (Lipinski definition) is 4. The zero-order valence-corrected chi connectivity index (χ0v) is 35.4. The lowest BCUT2D eigenvalue weighted by Crippen LogP contribution is -2.25. The predicted molar refractivity (Wildman–Crippen MR) is 265 cm³/mol. The molecule has 5 heteroatoms. The average molecular weight is 837 g/mol. The minimum absolute atomic E-state index is 0.0880. The van der Waals surface area contributed by atoms with Crippen LogP contribution < -0.4 is 14.5 Å². The highest BCUT2D eigenvalue weighted by molar-refractivity contribution is 6.18. The zero-order chi connectivity index (χ0) is 51.6. The molecule has 0 atom stereocenters. The van der Waals surface area contributed by atoms with Crippen LogP contribution in [0.1, 0.15) is 51.2 Å². The summed E-state index contributed by atoms with van der Waals surface area (Å²) in [4.78, 5) is 8.94. The number of pyridine rings is 1. The second-order valence-electron chi connectivity index (χ2n) is 17.2. The Bertz CT molecular complexity index is 3890. The molecule has 3 heterocycles. The first-order valence-corrected chi connectivity index (χ1v) is 21.4. The van der Waals surface area contributed by atoms with Gasteiger partial charge in [0.25, 0.3) is 0 Å². The predicted octanol–water partition coefficient (Wildman–Crippen LogP) is 15.4. The summed E-state index contributed by atoms with van der Waals surface area (Å²) in [5.41, 5.74) is 10.4. The topological polar surface area (TPSA) is 33.5 Å². The SMILES string of the molecule is [2H]c1c([2H])c([2H])c(-c2cccc(-c3c([2H])c([2H])c([2H])c([2H])c3[2H])c2N2CN(c3cccc(Oc4cc5c(c6c4Cc4ccccc4-6)c4ccccc4n5-c4cc(C(C)(C)C)ccn4)c3)c3ccccc32)c([2H])c1[2H]. The number of benzene rings is 8. The van der Waals surface area contributed by atoms with Crippen LogP contribution in [0.4, 0.5) is 22.7 Å². The van der Waals surface area contributed by atoms with Crippen molar-refractivity contribution in [2.24, 2.45) is 0 Å². The van der Waals surface area contributed by atoms with E-state index in [-0.39, 0.29) is 34.3 Å². The molecule has 1 aliphatic carbocycles. The summed E-state index contributed by atoms with van der Waals surface area (Å²) < 4.78 is 97.1. The van der Waals surface area contributed by atoms with Crippen molar-refractivity contribution in [1.82, 2.24) is 9.55 Å². The number of para-hydroxylation sites is 4. The number of nitrogens with zero attached hydrogens (tertiary/aromatic N) is 4. The van der Waals surface area contributed by atoms with Gasteiger partial charge in [0.1, 0.15) is 24.0 Å². The molecule has 10 aromatic rings. The number of hydrogen-bond donors (Lipinski definition) is 0. The molecule has 0 unspecified atom stereocenters. The molecule has 8 aromatic carbocycles. The molecular weight excluding hydrogens is 781 g/mol. The summed E-state index contributed by atoms with van der Waals surface area (Å²) >= 11 is 0. The molecular formula is C59H46N4O. The maximum absolute atomic E-state index is 9.10. The van der Waals surface area contributed by atoms with Crippen LogP contribution in [0.3, 0.4) is 0 Å². The molecule has 5 nitrogen and oxygen atoms in total. The van der Waals surface area contributed by atoms with Crippen molar-refractivity contribution >= 4 is 44.6 Å². The first-order valence-electron chi connectivity index (χ1n) is 26.4. The van der Waals surface area contributed by atoms with E-state index in [1.807, 2.05) is 59.6 Å². The van der Waals surface area contributed by atoms with Crippen molar-refractivity contribution in [2.75, 3.05) is 16.5 Å². The fourth-order valence-corrected chi connectivity index (χ4v) is 9.55. The third kappa shape index (κ3) is 6.18. The van der Waals surface area contributed by atoms with Gasteiger partial charge in [-0.15, -0.1) is 0 Å². The van der Waals surface area contributed by atoms with E-state index in [9.17, 15) is 0 Å². The molecule has 0 spiro atoms. The largest absolute Gasteiger partial charge is 0.457 e. The van der Waals surface area contributed by atoms with Crippen molar-refractivity contribution in [1.29, 1.82) is 0 Å². The summed E-state index contributed by atoms with van der Waals surface area (Å²) in [6, 6.07) is 38.8. The Hall–Kier alpha value is -7.89. The molecule has 0 saturated heterocycles. The number of anilines is 4. The summed E-state index contributed by atoms with van der Waals surface area (Å²) in [6.45, 7) is 6.71. The smallest absolute Gasteiger partial charge is 0.137 e. The lowest BCUT2D eigenvalue weighted by atomic mass is 9.88. The Kier molecular flexibility index (Phi) is 6.67. The summed E-state index contributed by atoms with van der Waals surface area (Å²) in [7, 11) is 0. The molecule has 0 bridgehead atoms. The van der Waals surface area contributed by atoms with Gasteiger partial charge in [0.2, 0.25) is 0 Å². The van der Waals surface area contributed by atoms with E-state index in [1.165, 1.54) is 5.56 Å². The van der Waals surface area contributed by atoms with Gasteiger partial charge in [-0.3, -0.25) is 4.57 Å². The second kappa shape index (κ2) is 14.9. The van der Waals surface area contributed by atoms with Gasteiger partial charge >= 0.3 is 0 Å². The normalized spacial score (nSPS) is 15.2. The van der Waals surface area contributed by atoms with E-state index in [4.69, 9.17) is 23.4 Å². The molecule has 1 aliphatic heterocycles.